The van der Waals surface area contributed by atoms with Gasteiger partial charge < -0.3 is 9.47 Å². The van der Waals surface area contributed by atoms with Gasteiger partial charge in [0.15, 0.2) is 17.3 Å². The average molecular weight is 241 g/mol. The fraction of sp³-hybridized carbons (Fsp3) is 0.143. The highest BCUT2D eigenvalue weighted by molar-refractivity contribution is 5.97. The van der Waals surface area contributed by atoms with Gasteiger partial charge in [0.1, 0.15) is 0 Å². The zero-order valence-corrected chi connectivity index (χ0v) is 9.63. The Morgan fingerprint density at radius 3 is 2.72 bits per heavy atom. The molecule has 0 atom stereocenters. The summed E-state index contributed by atoms with van der Waals surface area (Å²) in [6.45, 7) is 0.247. The fourth-order valence-corrected chi connectivity index (χ4v) is 1.88. The van der Waals surface area contributed by atoms with Crippen LogP contribution in [0.1, 0.15) is 15.9 Å². The third-order valence-corrected chi connectivity index (χ3v) is 2.80. The first kappa shape index (κ1) is 10.8. The molecule has 1 aromatic carbocycles. The van der Waals surface area contributed by atoms with Crippen LogP contribution in [0, 0.1) is 0 Å². The molecule has 1 aromatic heterocycles. The second-order valence-electron chi connectivity index (χ2n) is 4.02. The smallest absolute Gasteiger partial charge is 0.231 e. The van der Waals surface area contributed by atoms with Gasteiger partial charge in [-0.2, -0.15) is 0 Å². The Balaban J connectivity index is 1.79. The Bertz CT molecular complexity index is 581. The van der Waals surface area contributed by atoms with E-state index in [1.807, 2.05) is 18.2 Å². The number of aromatic nitrogens is 1. The molecule has 18 heavy (non-hydrogen) atoms. The monoisotopic (exact) mass is 241 g/mol. The Hall–Kier alpha value is -2.36. The molecular weight excluding hydrogens is 230 g/mol. The quantitative estimate of drug-likeness (QED) is 0.773. The average Bonchev–Trinajstić information content (AvgIpc) is 2.87. The number of hydrogen-bond acceptors (Lipinski definition) is 4. The van der Waals surface area contributed by atoms with Gasteiger partial charge in [0.05, 0.1) is 0 Å². The van der Waals surface area contributed by atoms with Crippen LogP contribution in [0.15, 0.2) is 42.7 Å². The van der Waals surface area contributed by atoms with Crippen LogP contribution in [0.2, 0.25) is 0 Å². The van der Waals surface area contributed by atoms with Crippen molar-refractivity contribution in [1.82, 2.24) is 4.98 Å². The van der Waals surface area contributed by atoms with Gasteiger partial charge in [0.25, 0.3) is 0 Å². The minimum Gasteiger partial charge on any atom is -0.454 e. The molecule has 0 saturated heterocycles. The summed E-state index contributed by atoms with van der Waals surface area (Å²) < 4.78 is 10.5. The maximum Gasteiger partial charge on any atom is 0.231 e. The first-order valence-corrected chi connectivity index (χ1v) is 5.65. The van der Waals surface area contributed by atoms with Crippen LogP contribution in [-0.2, 0) is 6.42 Å². The van der Waals surface area contributed by atoms with E-state index in [-0.39, 0.29) is 12.6 Å². The number of fused-ring (bicyclic) bond motifs is 1. The topological polar surface area (TPSA) is 48.4 Å². The maximum absolute atomic E-state index is 12.0. The van der Waals surface area contributed by atoms with Gasteiger partial charge in [0.2, 0.25) is 6.79 Å². The minimum absolute atomic E-state index is 0.0660. The number of carbonyl (C=O) groups is 1. The van der Waals surface area contributed by atoms with Gasteiger partial charge in [0, 0.05) is 24.4 Å². The minimum atomic E-state index is 0.0660. The summed E-state index contributed by atoms with van der Waals surface area (Å²) in [5.74, 6) is 1.50. The Labute approximate surface area is 104 Å². The molecule has 0 radical (unpaired) electrons. The van der Waals surface area contributed by atoms with E-state index in [0.717, 1.165) is 11.3 Å². The Kier molecular flexibility index (Phi) is 2.68. The molecule has 2 aromatic rings. The summed E-state index contributed by atoms with van der Waals surface area (Å²) in [6, 6.07) is 9.00. The number of nitrogens with zero attached hydrogens (tertiary/aromatic N) is 1. The number of rotatable bonds is 3. The van der Waals surface area contributed by atoms with Crippen LogP contribution in [0.5, 0.6) is 11.5 Å². The molecule has 1 aliphatic heterocycles. The molecule has 0 spiro atoms. The molecule has 4 nitrogen and oxygen atoms in total. The lowest BCUT2D eigenvalue weighted by Gasteiger charge is -2.02. The van der Waals surface area contributed by atoms with Gasteiger partial charge in [-0.25, -0.2) is 0 Å². The molecule has 4 heteroatoms. The summed E-state index contributed by atoms with van der Waals surface area (Å²) in [7, 11) is 0. The van der Waals surface area contributed by atoms with E-state index in [9.17, 15) is 4.79 Å². The van der Waals surface area contributed by atoms with E-state index in [2.05, 4.69) is 4.98 Å². The summed E-state index contributed by atoms with van der Waals surface area (Å²) in [5.41, 5.74) is 1.59. The summed E-state index contributed by atoms with van der Waals surface area (Å²) in [5, 5.41) is 0. The van der Waals surface area contributed by atoms with E-state index < -0.39 is 0 Å². The van der Waals surface area contributed by atoms with Crippen molar-refractivity contribution in [3.8, 4) is 11.5 Å². The normalized spacial score (nSPS) is 12.4. The molecule has 0 amide bonds. The number of hydrogen-bond donors (Lipinski definition) is 0. The van der Waals surface area contributed by atoms with E-state index in [0.29, 0.717) is 17.7 Å². The van der Waals surface area contributed by atoms with Gasteiger partial charge in [-0.15, -0.1) is 0 Å². The summed E-state index contributed by atoms with van der Waals surface area (Å²) >= 11 is 0. The molecule has 2 heterocycles. The highest BCUT2D eigenvalue weighted by atomic mass is 16.7. The van der Waals surface area contributed by atoms with Gasteiger partial charge in [-0.3, -0.25) is 9.78 Å². The Morgan fingerprint density at radius 1 is 1.11 bits per heavy atom. The van der Waals surface area contributed by atoms with Gasteiger partial charge in [-0.05, 0) is 29.8 Å². The third-order valence-electron chi connectivity index (χ3n) is 2.80. The van der Waals surface area contributed by atoms with Crippen LogP contribution < -0.4 is 9.47 Å². The second-order valence-corrected chi connectivity index (χ2v) is 4.02. The molecule has 0 N–H and O–H groups in total. The number of Topliss-reactive ketones (excluding diaryl/α,β-unsaturated/α-hetero) is 1. The lowest BCUT2D eigenvalue weighted by Crippen LogP contribution is -2.03. The van der Waals surface area contributed by atoms with Crippen molar-refractivity contribution in [2.75, 3.05) is 6.79 Å². The predicted molar refractivity (Wildman–Crippen MR) is 64.8 cm³/mol. The van der Waals surface area contributed by atoms with E-state index >= 15 is 0 Å². The van der Waals surface area contributed by atoms with Crippen LogP contribution in [-0.4, -0.2) is 17.6 Å². The van der Waals surface area contributed by atoms with Gasteiger partial charge in [-0.1, -0.05) is 6.07 Å². The number of ketones is 1. The summed E-state index contributed by atoms with van der Waals surface area (Å²) in [4.78, 5) is 15.9. The molecule has 0 saturated carbocycles. The third kappa shape index (κ3) is 2.05. The fourth-order valence-electron chi connectivity index (χ4n) is 1.88. The van der Waals surface area contributed by atoms with Crippen molar-refractivity contribution >= 4 is 5.78 Å². The molecule has 0 bridgehead atoms. The van der Waals surface area contributed by atoms with Crippen LogP contribution in [0.25, 0.3) is 0 Å². The first-order valence-electron chi connectivity index (χ1n) is 5.65. The van der Waals surface area contributed by atoms with Crippen molar-refractivity contribution in [2.45, 2.75) is 6.42 Å². The van der Waals surface area contributed by atoms with Gasteiger partial charge >= 0.3 is 0 Å². The number of pyridine rings is 1. The maximum atomic E-state index is 12.0. The van der Waals surface area contributed by atoms with Crippen molar-refractivity contribution in [3.63, 3.8) is 0 Å². The van der Waals surface area contributed by atoms with Crippen molar-refractivity contribution in [1.29, 1.82) is 0 Å². The summed E-state index contributed by atoms with van der Waals surface area (Å²) in [6.07, 6.45) is 3.58. The molecular formula is C14H11NO3. The largest absolute Gasteiger partial charge is 0.454 e. The van der Waals surface area contributed by atoms with Crippen LogP contribution >= 0.6 is 0 Å². The standard InChI is InChI=1S/C14H11NO3/c16-12(11-3-5-15-6-4-11)7-10-1-2-13-14(8-10)18-9-17-13/h1-6,8H,7,9H2. The highest BCUT2D eigenvalue weighted by Gasteiger charge is 2.14. The Morgan fingerprint density at radius 2 is 1.89 bits per heavy atom. The van der Waals surface area contributed by atoms with E-state index in [1.54, 1.807) is 24.5 Å². The predicted octanol–water partition coefficient (Wildman–Crippen LogP) is 2.24. The van der Waals surface area contributed by atoms with Crippen molar-refractivity contribution in [2.24, 2.45) is 0 Å². The number of benzene rings is 1. The van der Waals surface area contributed by atoms with E-state index in [1.165, 1.54) is 0 Å². The van der Waals surface area contributed by atoms with Crippen LogP contribution in [0.3, 0.4) is 0 Å². The zero-order valence-electron chi connectivity index (χ0n) is 9.63. The molecule has 0 unspecified atom stereocenters. The second kappa shape index (κ2) is 4.49. The SMILES string of the molecule is O=C(Cc1ccc2c(c1)OCO2)c1ccncc1. The zero-order chi connectivity index (χ0) is 12.4. The molecule has 1 aliphatic rings. The number of carbonyl (C=O) groups excluding carboxylic acids is 1. The molecule has 3 rings (SSSR count). The van der Waals surface area contributed by atoms with Crippen molar-refractivity contribution < 1.29 is 14.3 Å². The lowest BCUT2D eigenvalue weighted by atomic mass is 10.0. The van der Waals surface area contributed by atoms with Crippen molar-refractivity contribution in [3.05, 3.63) is 53.9 Å². The van der Waals surface area contributed by atoms with Crippen LogP contribution in [0.4, 0.5) is 0 Å². The lowest BCUT2D eigenvalue weighted by molar-refractivity contribution is 0.0993. The highest BCUT2D eigenvalue weighted by Crippen LogP contribution is 2.32. The molecule has 90 valence electrons. The molecule has 0 aliphatic carbocycles. The molecule has 0 fully saturated rings. The number of ether oxygens (including phenoxy) is 2. The first-order chi connectivity index (χ1) is 8.83. The van der Waals surface area contributed by atoms with E-state index in [4.69, 9.17) is 9.47 Å².